The fourth-order valence-corrected chi connectivity index (χ4v) is 0.887. The third-order valence-electron chi connectivity index (χ3n) is 1.48. The Balaban J connectivity index is 2.75. The van der Waals surface area contributed by atoms with Gasteiger partial charge in [-0.15, -0.1) is 0 Å². The van der Waals surface area contributed by atoms with Crippen LogP contribution in [-0.4, -0.2) is 23.9 Å². The Morgan fingerprint density at radius 2 is 1.91 bits per heavy atom. The van der Waals surface area contributed by atoms with Crippen molar-refractivity contribution in [1.82, 2.24) is 0 Å². The van der Waals surface area contributed by atoms with E-state index in [2.05, 4.69) is 4.99 Å². The van der Waals surface area contributed by atoms with Crippen molar-refractivity contribution in [2.75, 3.05) is 13.1 Å². The van der Waals surface area contributed by atoms with Crippen molar-refractivity contribution in [1.29, 1.82) is 10.5 Å². The molecular formula is C7H7N4+. The van der Waals surface area contributed by atoms with Crippen molar-refractivity contribution in [2.45, 2.75) is 0 Å². The van der Waals surface area contributed by atoms with Gasteiger partial charge < -0.3 is 0 Å². The van der Waals surface area contributed by atoms with Gasteiger partial charge in [0.25, 0.3) is 0 Å². The monoisotopic (exact) mass is 147 g/mol. The Bertz CT molecular complexity index is 246. The highest BCUT2D eigenvalue weighted by Crippen LogP contribution is 2.08. The van der Waals surface area contributed by atoms with Crippen LogP contribution in [0.3, 0.4) is 0 Å². The van der Waals surface area contributed by atoms with Gasteiger partial charge in [-0.3, -0.25) is 0 Å². The molecule has 0 fully saturated rings. The number of quaternary nitrogens is 1. The molecule has 0 aliphatic carbocycles. The lowest BCUT2D eigenvalue weighted by Crippen LogP contribution is -2.40. The van der Waals surface area contributed by atoms with Gasteiger partial charge in [0.1, 0.15) is 18.3 Å². The molecule has 1 rings (SSSR count). The van der Waals surface area contributed by atoms with Crippen LogP contribution < -0.4 is 0 Å². The van der Waals surface area contributed by atoms with Crippen LogP contribution >= 0.6 is 0 Å². The van der Waals surface area contributed by atoms with Crippen LogP contribution in [-0.2, 0) is 0 Å². The van der Waals surface area contributed by atoms with Gasteiger partial charge in [0.05, 0.1) is 6.20 Å². The Morgan fingerprint density at radius 3 is 2.27 bits per heavy atom. The largest absolute Gasteiger partial charge is 0.230 e. The van der Waals surface area contributed by atoms with E-state index in [9.17, 15) is 0 Å². The number of nitriles is 2. The molecule has 0 spiro atoms. The van der Waals surface area contributed by atoms with E-state index in [0.717, 1.165) is 0 Å². The average Bonchev–Trinajstić information content (AvgIpc) is 2.39. The highest BCUT2D eigenvalue weighted by Gasteiger charge is 2.24. The highest BCUT2D eigenvalue weighted by atomic mass is 15.4. The fourth-order valence-electron chi connectivity index (χ4n) is 0.887. The normalized spacial score (nSPS) is 17.6. The number of rotatable bonds is 2. The molecule has 54 valence electrons. The maximum absolute atomic E-state index is 8.45. The maximum atomic E-state index is 8.45. The minimum atomic E-state index is 0.243. The van der Waals surface area contributed by atoms with Gasteiger partial charge in [-0.05, 0) is 0 Å². The molecule has 0 bridgehead atoms. The van der Waals surface area contributed by atoms with Gasteiger partial charge >= 0.3 is 0 Å². The molecule has 0 saturated heterocycles. The molecule has 1 aliphatic heterocycles. The summed E-state index contributed by atoms with van der Waals surface area (Å²) >= 11 is 0. The van der Waals surface area contributed by atoms with Crippen molar-refractivity contribution in [3.05, 3.63) is 12.4 Å². The molecule has 0 radical (unpaired) electrons. The van der Waals surface area contributed by atoms with Crippen molar-refractivity contribution in [3.8, 4) is 12.1 Å². The van der Waals surface area contributed by atoms with E-state index >= 15 is 0 Å². The average molecular weight is 147 g/mol. The van der Waals surface area contributed by atoms with Crippen LogP contribution in [0.15, 0.2) is 17.4 Å². The first-order chi connectivity index (χ1) is 5.33. The van der Waals surface area contributed by atoms with Crippen molar-refractivity contribution in [3.63, 3.8) is 0 Å². The van der Waals surface area contributed by atoms with Gasteiger partial charge in [-0.25, -0.2) is 9.48 Å². The predicted molar refractivity (Wildman–Crippen MR) is 38.9 cm³/mol. The van der Waals surface area contributed by atoms with Crippen LogP contribution in [0.1, 0.15) is 0 Å². The molecule has 1 aliphatic rings. The second kappa shape index (κ2) is 2.96. The van der Waals surface area contributed by atoms with E-state index in [0.29, 0.717) is 0 Å². The molecule has 0 aromatic heterocycles. The quantitative estimate of drug-likeness (QED) is 0.418. The first kappa shape index (κ1) is 7.46. The maximum Gasteiger partial charge on any atom is 0.196 e. The predicted octanol–water partition coefficient (Wildman–Crippen LogP) is 0.363. The Labute approximate surface area is 64.9 Å². The highest BCUT2D eigenvalue weighted by molar-refractivity contribution is 5.51. The molecule has 4 heteroatoms. The minimum absolute atomic E-state index is 0.243. The summed E-state index contributed by atoms with van der Waals surface area (Å²) in [6.07, 6.45) is 4.95. The molecule has 0 unspecified atom stereocenters. The van der Waals surface area contributed by atoms with Crippen LogP contribution in [0.4, 0.5) is 0 Å². The first-order valence-corrected chi connectivity index (χ1v) is 3.15. The van der Waals surface area contributed by atoms with Gasteiger partial charge in [-0.1, -0.05) is 0 Å². The second-order valence-electron chi connectivity index (χ2n) is 2.30. The summed E-state index contributed by atoms with van der Waals surface area (Å²) in [5.74, 6) is 0. The smallest absolute Gasteiger partial charge is 0.196 e. The van der Waals surface area contributed by atoms with E-state index in [1.807, 2.05) is 12.1 Å². The Morgan fingerprint density at radius 1 is 1.27 bits per heavy atom. The van der Waals surface area contributed by atoms with E-state index in [4.69, 9.17) is 10.5 Å². The van der Waals surface area contributed by atoms with E-state index < -0.39 is 0 Å². The van der Waals surface area contributed by atoms with E-state index in [1.54, 1.807) is 18.7 Å². The van der Waals surface area contributed by atoms with Gasteiger partial charge in [-0.2, -0.15) is 10.5 Å². The number of hydrogen-bond donors (Lipinski definition) is 0. The van der Waals surface area contributed by atoms with Crippen LogP contribution in [0.5, 0.6) is 0 Å². The zero-order valence-corrected chi connectivity index (χ0v) is 5.94. The molecule has 4 nitrogen and oxygen atoms in total. The summed E-state index contributed by atoms with van der Waals surface area (Å²) in [6, 6.07) is 4.03. The summed E-state index contributed by atoms with van der Waals surface area (Å²) in [5, 5.41) is 16.9. The first-order valence-electron chi connectivity index (χ1n) is 3.15. The van der Waals surface area contributed by atoms with Gasteiger partial charge in [0.15, 0.2) is 19.4 Å². The summed E-state index contributed by atoms with van der Waals surface area (Å²) in [4.78, 5) is 3.84. The lowest BCUT2D eigenvalue weighted by Gasteiger charge is -2.19. The zero-order chi connectivity index (χ0) is 8.16. The topological polar surface area (TPSA) is 59.9 Å². The van der Waals surface area contributed by atoms with E-state index in [-0.39, 0.29) is 17.6 Å². The van der Waals surface area contributed by atoms with Crippen LogP contribution in [0.2, 0.25) is 0 Å². The molecule has 0 saturated carbocycles. The van der Waals surface area contributed by atoms with Crippen molar-refractivity contribution < 1.29 is 4.48 Å². The second-order valence-corrected chi connectivity index (χ2v) is 2.30. The van der Waals surface area contributed by atoms with Gasteiger partial charge in [0.2, 0.25) is 0 Å². The van der Waals surface area contributed by atoms with Gasteiger partial charge in [0, 0.05) is 0 Å². The standard InChI is InChI=1S/C7H7N4/c8-1-4-11(5-2-9)6-3-10-7-11/h3,6-7H,4-5H2/q+1. The molecule has 0 aromatic carbocycles. The number of nitrogens with zero attached hydrogens (tertiary/aromatic N) is 4. The number of aliphatic imine (C=N–C) groups is 1. The zero-order valence-electron chi connectivity index (χ0n) is 5.94. The SMILES string of the molecule is N#CC[N+]1(CC#N)C=CN=C1. The Kier molecular flexibility index (Phi) is 2.00. The lowest BCUT2D eigenvalue weighted by atomic mass is 10.4. The summed E-state index contributed by atoms with van der Waals surface area (Å²) in [6.45, 7) is 0.543. The third-order valence-corrected chi connectivity index (χ3v) is 1.48. The molecule has 0 atom stereocenters. The van der Waals surface area contributed by atoms with Crippen molar-refractivity contribution >= 4 is 6.34 Å². The molecule has 0 aromatic rings. The molecule has 0 amide bonds. The Hall–Kier alpha value is -1.65. The molecule has 1 heterocycles. The summed E-state index contributed by atoms with van der Waals surface area (Å²) in [5.41, 5.74) is 0. The molecule has 11 heavy (non-hydrogen) atoms. The minimum Gasteiger partial charge on any atom is -0.230 e. The van der Waals surface area contributed by atoms with E-state index in [1.165, 1.54) is 0 Å². The fraction of sp³-hybridized carbons (Fsp3) is 0.286. The van der Waals surface area contributed by atoms with Crippen LogP contribution in [0, 0.1) is 22.7 Å². The summed E-state index contributed by atoms with van der Waals surface area (Å²) < 4.78 is 0.243. The summed E-state index contributed by atoms with van der Waals surface area (Å²) in [7, 11) is 0. The lowest BCUT2D eigenvalue weighted by molar-refractivity contribution is -0.762. The molecule has 0 N–H and O–H groups in total. The van der Waals surface area contributed by atoms with Crippen molar-refractivity contribution in [2.24, 2.45) is 4.99 Å². The third kappa shape index (κ3) is 1.43. The molecular weight excluding hydrogens is 140 g/mol. The van der Waals surface area contributed by atoms with Crippen LogP contribution in [0.25, 0.3) is 0 Å². The number of hydrogen-bond acceptors (Lipinski definition) is 3.